The molecule has 0 saturated carbocycles. The number of nitrogens with zero attached hydrogens (tertiary/aromatic N) is 2. The Kier molecular flexibility index (Phi) is 12.4. The minimum Gasteiger partial charge on any atom is -0.481 e. The first-order valence-electron chi connectivity index (χ1n) is 11.0. The molecule has 0 atom stereocenters. The van der Waals surface area contributed by atoms with Gasteiger partial charge in [0.2, 0.25) is 0 Å². The van der Waals surface area contributed by atoms with Crippen LogP contribution in [0.1, 0.15) is 12.8 Å². The van der Waals surface area contributed by atoms with Crippen molar-refractivity contribution in [3.8, 4) is 0 Å². The largest absolute Gasteiger partial charge is 0.481 e. The summed E-state index contributed by atoms with van der Waals surface area (Å²) in [5.41, 5.74) is 0. The molecule has 0 amide bonds. The maximum absolute atomic E-state index is 14.1. The number of carbonyl (C=O) groups is 2. The van der Waals surface area contributed by atoms with E-state index in [1.165, 1.54) is 0 Å². The first-order valence-corrected chi connectivity index (χ1v) is 13.8. The van der Waals surface area contributed by atoms with Crippen molar-refractivity contribution in [2.75, 3.05) is 27.2 Å². The molecule has 0 fully saturated rings. The van der Waals surface area contributed by atoms with Gasteiger partial charge in [-0.05, 0) is 0 Å². The molecular formula is C17H16F18N2O8S2. The fourth-order valence-electron chi connectivity index (χ4n) is 2.79. The molecule has 0 unspecified atom stereocenters. The molecule has 0 heterocycles. The molecule has 0 aromatic heterocycles. The van der Waals surface area contributed by atoms with Gasteiger partial charge in [0, 0.05) is 14.1 Å². The van der Waals surface area contributed by atoms with Gasteiger partial charge < -0.3 is 9.84 Å². The van der Waals surface area contributed by atoms with E-state index in [0.717, 1.165) is 0 Å². The molecule has 10 nitrogen and oxygen atoms in total. The Bertz CT molecular complexity index is 1290. The zero-order valence-electron chi connectivity index (χ0n) is 22.2. The van der Waals surface area contributed by atoms with Crippen LogP contribution in [0.15, 0.2) is 0 Å². The average molecular weight is 782 g/mol. The van der Waals surface area contributed by atoms with E-state index in [-0.39, 0.29) is 0 Å². The standard InChI is InChI=1S/C17H16F18N2O8S2/c1-36(46(41,42)16(32,33)12(22,23)10(18,19)14(26,27)28)5-7(45-9(40)4-3-8(38)39)6-37(2)47(43,44)17(34,35)13(24,25)11(20,21)15(29,30)31/h7H,3-6H2,1-2H3,(H,38,39). The summed E-state index contributed by atoms with van der Waals surface area (Å²) in [6, 6.07) is 0. The van der Waals surface area contributed by atoms with E-state index in [4.69, 9.17) is 5.11 Å². The summed E-state index contributed by atoms with van der Waals surface area (Å²) in [4.78, 5) is 22.4. The van der Waals surface area contributed by atoms with Crippen LogP contribution in [0.25, 0.3) is 0 Å². The molecule has 0 aromatic carbocycles. The molecule has 1 N–H and O–H groups in total. The summed E-state index contributed by atoms with van der Waals surface area (Å²) in [6.07, 6.45) is -21.0. The number of hydrogen-bond donors (Lipinski definition) is 1. The normalized spacial score (nSPS) is 15.5. The maximum atomic E-state index is 14.1. The second-order valence-electron chi connectivity index (χ2n) is 8.90. The number of ether oxygens (including phenoxy) is 1. The van der Waals surface area contributed by atoms with Gasteiger partial charge in [-0.25, -0.2) is 16.8 Å². The fraction of sp³-hybridized carbons (Fsp3) is 0.882. The van der Waals surface area contributed by atoms with Gasteiger partial charge in [-0.1, -0.05) is 0 Å². The van der Waals surface area contributed by atoms with Gasteiger partial charge in [0.05, 0.1) is 25.9 Å². The number of likely N-dealkylation sites (N-methyl/N-ethyl adjacent to an activating group) is 2. The molecular weight excluding hydrogens is 766 g/mol. The van der Waals surface area contributed by atoms with Crippen LogP contribution in [0.4, 0.5) is 79.0 Å². The maximum Gasteiger partial charge on any atom is 0.460 e. The second kappa shape index (κ2) is 13.1. The zero-order chi connectivity index (χ0) is 38.4. The summed E-state index contributed by atoms with van der Waals surface area (Å²) in [6.45, 7) is -4.85. The molecule has 0 rings (SSSR count). The summed E-state index contributed by atoms with van der Waals surface area (Å²) in [7, 11) is -16.1. The molecule has 30 heteroatoms. The molecule has 0 aromatic rings. The monoisotopic (exact) mass is 782 g/mol. The average Bonchev–Trinajstić information content (AvgIpc) is 2.85. The number of alkyl halides is 18. The molecule has 0 aliphatic carbocycles. The van der Waals surface area contributed by atoms with E-state index in [1.54, 1.807) is 0 Å². The molecule has 0 bridgehead atoms. The van der Waals surface area contributed by atoms with E-state index in [0.29, 0.717) is 0 Å². The van der Waals surface area contributed by atoms with E-state index >= 15 is 0 Å². The van der Waals surface area contributed by atoms with Gasteiger partial charge in [0.25, 0.3) is 20.0 Å². The first kappa shape index (κ1) is 44.5. The predicted molar refractivity (Wildman–Crippen MR) is 112 cm³/mol. The predicted octanol–water partition coefficient (Wildman–Crippen LogP) is 4.14. The minimum atomic E-state index is -7.89. The third-order valence-corrected chi connectivity index (χ3v) is 9.21. The quantitative estimate of drug-likeness (QED) is 0.182. The highest BCUT2D eigenvalue weighted by Crippen LogP contribution is 2.56. The van der Waals surface area contributed by atoms with Gasteiger partial charge in [0.15, 0.2) is 0 Å². The number of carbonyl (C=O) groups excluding carboxylic acids is 1. The Morgan fingerprint density at radius 2 is 0.851 bits per heavy atom. The highest BCUT2D eigenvalue weighted by Gasteiger charge is 2.87. The van der Waals surface area contributed by atoms with Gasteiger partial charge in [0.1, 0.15) is 6.10 Å². The number of esters is 1. The van der Waals surface area contributed by atoms with Crippen LogP contribution in [0, 0.1) is 0 Å². The highest BCUT2D eigenvalue weighted by molar-refractivity contribution is 7.90. The lowest BCUT2D eigenvalue weighted by Crippen LogP contribution is -2.66. The number of hydrogen-bond acceptors (Lipinski definition) is 7. The number of sulfonamides is 2. The third-order valence-electron chi connectivity index (χ3n) is 5.46. The lowest BCUT2D eigenvalue weighted by molar-refractivity contribution is -0.382. The Morgan fingerprint density at radius 1 is 0.574 bits per heavy atom. The molecule has 0 aliphatic heterocycles. The number of carboxylic acid groups (broad SMARTS) is 1. The Morgan fingerprint density at radius 3 is 1.09 bits per heavy atom. The second-order valence-corrected chi connectivity index (χ2v) is 13.1. The van der Waals surface area contributed by atoms with Crippen molar-refractivity contribution in [1.29, 1.82) is 0 Å². The highest BCUT2D eigenvalue weighted by atomic mass is 32.2. The number of aliphatic carboxylic acids is 1. The molecule has 47 heavy (non-hydrogen) atoms. The van der Waals surface area contributed by atoms with Crippen molar-refractivity contribution in [1.82, 2.24) is 8.61 Å². The minimum absolute atomic E-state index is 0.426. The summed E-state index contributed by atoms with van der Waals surface area (Å²) in [5.74, 6) is -35.4. The van der Waals surface area contributed by atoms with Gasteiger partial charge >= 0.3 is 58.5 Å². The molecule has 0 radical (unpaired) electrons. The van der Waals surface area contributed by atoms with Gasteiger partial charge in [-0.2, -0.15) is 87.6 Å². The van der Waals surface area contributed by atoms with Crippen molar-refractivity contribution >= 4 is 32.0 Å². The Labute approximate surface area is 249 Å². The van der Waals surface area contributed by atoms with Crippen LogP contribution < -0.4 is 0 Å². The Balaban J connectivity index is 6.86. The van der Waals surface area contributed by atoms with Crippen LogP contribution in [0.2, 0.25) is 0 Å². The molecule has 280 valence electrons. The van der Waals surface area contributed by atoms with Gasteiger partial charge in [-0.3, -0.25) is 9.59 Å². The van der Waals surface area contributed by atoms with Crippen LogP contribution in [-0.2, 0) is 34.4 Å². The van der Waals surface area contributed by atoms with Crippen molar-refractivity contribution in [3.63, 3.8) is 0 Å². The smallest absolute Gasteiger partial charge is 0.460 e. The van der Waals surface area contributed by atoms with Crippen LogP contribution in [-0.4, -0.2) is 122 Å². The summed E-state index contributed by atoms with van der Waals surface area (Å²) >= 11 is 0. The van der Waals surface area contributed by atoms with Gasteiger partial charge in [-0.15, -0.1) is 0 Å². The summed E-state index contributed by atoms with van der Waals surface area (Å²) < 4.78 is 288. The topological polar surface area (TPSA) is 138 Å². The van der Waals surface area contributed by atoms with E-state index < -0.39 is 133 Å². The summed E-state index contributed by atoms with van der Waals surface area (Å²) in [5, 5.41) is -6.52. The molecule has 0 saturated heterocycles. The third kappa shape index (κ3) is 7.72. The number of rotatable bonds is 16. The van der Waals surface area contributed by atoms with Crippen molar-refractivity contribution in [2.45, 2.75) is 65.5 Å². The van der Waals surface area contributed by atoms with Crippen LogP contribution in [0.5, 0.6) is 0 Å². The number of halogens is 18. The molecule has 0 spiro atoms. The SMILES string of the molecule is CN(CC(CN(C)S(=O)(=O)C(F)(F)C(F)(F)C(F)(F)C(F)(F)F)OC(=O)CCC(=O)O)S(=O)(=O)C(F)(F)C(F)(F)C(F)(F)C(F)(F)F. The lowest BCUT2D eigenvalue weighted by atomic mass is 10.1. The number of carboxylic acids is 1. The Hall–Kier alpha value is -2.50. The van der Waals surface area contributed by atoms with Crippen LogP contribution >= 0.6 is 0 Å². The van der Waals surface area contributed by atoms with E-state index in [2.05, 4.69) is 4.74 Å². The van der Waals surface area contributed by atoms with E-state index in [9.17, 15) is 105 Å². The zero-order valence-corrected chi connectivity index (χ0v) is 23.9. The van der Waals surface area contributed by atoms with E-state index in [1.807, 2.05) is 0 Å². The molecule has 0 aliphatic rings. The first-order chi connectivity index (χ1) is 20.2. The van der Waals surface area contributed by atoms with Crippen molar-refractivity contribution in [2.24, 2.45) is 0 Å². The fourth-order valence-corrected chi connectivity index (χ4v) is 5.21. The lowest BCUT2D eigenvalue weighted by Gasteiger charge is -2.36. The van der Waals surface area contributed by atoms with Crippen LogP contribution in [0.3, 0.4) is 0 Å². The van der Waals surface area contributed by atoms with Crippen molar-refractivity contribution < 1.29 is 115 Å². The van der Waals surface area contributed by atoms with Crippen molar-refractivity contribution in [3.05, 3.63) is 0 Å².